The van der Waals surface area contributed by atoms with Crippen LogP contribution in [0.25, 0.3) is 21.9 Å². The fourth-order valence-electron chi connectivity index (χ4n) is 3.67. The summed E-state index contributed by atoms with van der Waals surface area (Å²) in [4.78, 5) is 0. The Morgan fingerprint density at radius 1 is 0.909 bits per heavy atom. The van der Waals surface area contributed by atoms with Gasteiger partial charge in [-0.15, -0.1) is 0 Å². The van der Waals surface area contributed by atoms with Crippen LogP contribution in [0.1, 0.15) is 22.3 Å². The van der Waals surface area contributed by atoms with Crippen molar-refractivity contribution in [3.05, 3.63) is 70.8 Å². The van der Waals surface area contributed by atoms with Crippen LogP contribution in [-0.2, 0) is 18.6 Å². The molecule has 3 aromatic carbocycles. The molecule has 1 aliphatic carbocycles. The molecule has 0 atom stereocenters. The Morgan fingerprint density at radius 2 is 1.77 bits per heavy atom. The summed E-state index contributed by atoms with van der Waals surface area (Å²) in [7, 11) is 0. The third kappa shape index (κ3) is 2.24. The van der Waals surface area contributed by atoms with Crippen LogP contribution >= 0.6 is 11.8 Å². The average molecular weight is 304 g/mol. The second kappa shape index (κ2) is 5.48. The van der Waals surface area contributed by atoms with Gasteiger partial charge in [0.05, 0.1) is 0 Å². The van der Waals surface area contributed by atoms with E-state index >= 15 is 0 Å². The molecule has 4 rings (SSSR count). The molecule has 0 heterocycles. The van der Waals surface area contributed by atoms with Crippen molar-refractivity contribution in [3.63, 3.8) is 0 Å². The van der Waals surface area contributed by atoms with E-state index < -0.39 is 0 Å². The third-order valence-corrected chi connectivity index (χ3v) is 5.32. The summed E-state index contributed by atoms with van der Waals surface area (Å²) in [6, 6.07) is 18.5. The maximum Gasteiger partial charge on any atom is 0.0181 e. The first kappa shape index (κ1) is 13.9. The maximum atomic E-state index is 2.41. The Labute approximate surface area is 136 Å². The summed E-state index contributed by atoms with van der Waals surface area (Å²) in [6.45, 7) is 2.17. The first-order valence-corrected chi connectivity index (χ1v) is 9.29. The highest BCUT2D eigenvalue weighted by molar-refractivity contribution is 7.97. The van der Waals surface area contributed by atoms with E-state index in [4.69, 9.17) is 0 Å². The van der Waals surface area contributed by atoms with Gasteiger partial charge in [0.1, 0.15) is 0 Å². The van der Waals surface area contributed by atoms with E-state index in [-0.39, 0.29) is 0 Å². The lowest BCUT2D eigenvalue weighted by atomic mass is 9.82. The predicted octanol–water partition coefficient (Wildman–Crippen LogP) is 5.78. The molecular weight excluding hydrogens is 284 g/mol. The van der Waals surface area contributed by atoms with Crippen molar-refractivity contribution >= 4 is 22.5 Å². The lowest BCUT2D eigenvalue weighted by molar-refractivity contribution is 0.948. The lowest BCUT2D eigenvalue weighted by Gasteiger charge is -2.22. The minimum Gasteiger partial charge on any atom is -0.161 e. The summed E-state index contributed by atoms with van der Waals surface area (Å²) < 4.78 is 0. The van der Waals surface area contributed by atoms with Gasteiger partial charge in [-0.1, -0.05) is 54.1 Å². The molecule has 22 heavy (non-hydrogen) atoms. The Morgan fingerprint density at radius 3 is 2.64 bits per heavy atom. The number of aryl methyl sites for hydroxylation is 3. The van der Waals surface area contributed by atoms with Crippen LogP contribution in [0.5, 0.6) is 0 Å². The van der Waals surface area contributed by atoms with Crippen LogP contribution in [0.15, 0.2) is 48.5 Å². The van der Waals surface area contributed by atoms with Crippen LogP contribution in [0.4, 0.5) is 0 Å². The van der Waals surface area contributed by atoms with Gasteiger partial charge in [-0.25, -0.2) is 0 Å². The Balaban J connectivity index is 1.90. The predicted molar refractivity (Wildman–Crippen MR) is 98.7 cm³/mol. The third-order valence-electron chi connectivity index (χ3n) is 4.70. The lowest BCUT2D eigenvalue weighted by Crippen LogP contribution is -2.05. The summed E-state index contributed by atoms with van der Waals surface area (Å²) in [5.74, 6) is 1.11. The van der Waals surface area contributed by atoms with Crippen molar-refractivity contribution in [2.45, 2.75) is 25.5 Å². The fourth-order valence-corrected chi connectivity index (χ4v) is 4.18. The monoisotopic (exact) mass is 304 g/mol. The molecule has 0 fully saturated rings. The highest BCUT2D eigenvalue weighted by Crippen LogP contribution is 2.38. The molecule has 0 saturated carbocycles. The van der Waals surface area contributed by atoms with Crippen molar-refractivity contribution in [2.75, 3.05) is 6.26 Å². The van der Waals surface area contributed by atoms with Crippen molar-refractivity contribution in [2.24, 2.45) is 0 Å². The summed E-state index contributed by atoms with van der Waals surface area (Å²) in [5, 5.41) is 2.81. The minimum absolute atomic E-state index is 1.11. The number of rotatable bonds is 2. The first-order chi connectivity index (χ1) is 10.8. The van der Waals surface area contributed by atoms with Gasteiger partial charge in [0, 0.05) is 5.75 Å². The second-order valence-electron chi connectivity index (χ2n) is 6.24. The van der Waals surface area contributed by atoms with Gasteiger partial charge in [0.2, 0.25) is 0 Å². The molecule has 0 N–H and O–H groups in total. The van der Waals surface area contributed by atoms with Gasteiger partial charge in [-0.05, 0) is 64.6 Å². The molecule has 0 unspecified atom stereocenters. The van der Waals surface area contributed by atoms with E-state index in [2.05, 4.69) is 61.7 Å². The molecule has 0 spiro atoms. The first-order valence-electron chi connectivity index (χ1n) is 7.89. The van der Waals surface area contributed by atoms with Crippen molar-refractivity contribution in [3.8, 4) is 11.1 Å². The fraction of sp³-hybridized carbons (Fsp3) is 0.238. The molecule has 0 radical (unpaired) electrons. The van der Waals surface area contributed by atoms with Gasteiger partial charge in [-0.2, -0.15) is 11.8 Å². The van der Waals surface area contributed by atoms with Crippen LogP contribution in [-0.4, -0.2) is 6.26 Å². The molecule has 0 bridgehead atoms. The summed E-state index contributed by atoms with van der Waals surface area (Å²) in [5.41, 5.74) is 8.71. The van der Waals surface area contributed by atoms with E-state index in [0.717, 1.165) is 18.6 Å². The zero-order valence-electron chi connectivity index (χ0n) is 13.1. The maximum absolute atomic E-state index is 2.41. The largest absolute Gasteiger partial charge is 0.161 e. The standard InChI is InChI=1S/C21H20S/c1-14-3-7-18-16(11-14)5-9-21-19-8-4-15(13-22-2)12-17(19)6-10-20(18)21/h3-5,7-9,11-12H,6,10,13H2,1-2H3. The van der Waals surface area contributed by atoms with Gasteiger partial charge in [0.25, 0.3) is 0 Å². The quantitative estimate of drug-likeness (QED) is 0.578. The highest BCUT2D eigenvalue weighted by Gasteiger charge is 2.18. The molecule has 0 amide bonds. The molecule has 0 saturated heterocycles. The number of benzene rings is 3. The Kier molecular flexibility index (Phi) is 3.46. The van der Waals surface area contributed by atoms with E-state index in [0.29, 0.717) is 0 Å². The van der Waals surface area contributed by atoms with E-state index in [1.54, 1.807) is 0 Å². The van der Waals surface area contributed by atoms with Crippen LogP contribution in [0, 0.1) is 6.92 Å². The zero-order chi connectivity index (χ0) is 15.1. The molecule has 0 aromatic heterocycles. The second-order valence-corrected chi connectivity index (χ2v) is 7.11. The van der Waals surface area contributed by atoms with Crippen molar-refractivity contribution < 1.29 is 0 Å². The van der Waals surface area contributed by atoms with Crippen molar-refractivity contribution in [1.29, 1.82) is 0 Å². The van der Waals surface area contributed by atoms with Crippen LogP contribution in [0.2, 0.25) is 0 Å². The molecular formula is C21H20S. The Bertz CT molecular complexity index is 861. The highest BCUT2D eigenvalue weighted by atomic mass is 32.2. The van der Waals surface area contributed by atoms with Crippen LogP contribution < -0.4 is 0 Å². The van der Waals surface area contributed by atoms with E-state index in [1.165, 1.54) is 44.2 Å². The van der Waals surface area contributed by atoms with Crippen LogP contribution in [0.3, 0.4) is 0 Å². The van der Waals surface area contributed by atoms with Gasteiger partial charge >= 0.3 is 0 Å². The smallest absolute Gasteiger partial charge is 0.0181 e. The SMILES string of the molecule is CSCc1ccc2c(c1)CCc1c-2ccc2cc(C)ccc12. The molecule has 110 valence electrons. The Hall–Kier alpha value is -1.73. The molecule has 0 nitrogen and oxygen atoms in total. The minimum atomic E-state index is 1.11. The molecule has 0 aliphatic heterocycles. The molecule has 3 aromatic rings. The topological polar surface area (TPSA) is 0 Å². The van der Waals surface area contributed by atoms with Gasteiger partial charge in [-0.3, -0.25) is 0 Å². The van der Waals surface area contributed by atoms with Gasteiger partial charge in [0.15, 0.2) is 0 Å². The average Bonchev–Trinajstić information content (AvgIpc) is 2.54. The van der Waals surface area contributed by atoms with E-state index in [9.17, 15) is 0 Å². The van der Waals surface area contributed by atoms with Crippen molar-refractivity contribution in [1.82, 2.24) is 0 Å². The normalized spacial score (nSPS) is 13.0. The number of thioether (sulfide) groups is 1. The molecule has 1 aliphatic rings. The number of fused-ring (bicyclic) bond motifs is 5. The van der Waals surface area contributed by atoms with Gasteiger partial charge < -0.3 is 0 Å². The zero-order valence-corrected chi connectivity index (χ0v) is 14.0. The van der Waals surface area contributed by atoms with E-state index in [1.807, 2.05) is 11.8 Å². The number of hydrogen-bond donors (Lipinski definition) is 0. The summed E-state index contributed by atoms with van der Waals surface area (Å²) in [6.07, 6.45) is 4.49. The molecule has 1 heteroatoms. The number of hydrogen-bond acceptors (Lipinski definition) is 1. The summed E-state index contributed by atoms with van der Waals surface area (Å²) >= 11 is 1.89.